The Kier molecular flexibility index (Phi) is 3.13. The van der Waals surface area contributed by atoms with E-state index in [1.54, 1.807) is 0 Å². The lowest BCUT2D eigenvalue weighted by Gasteiger charge is -2.13. The highest BCUT2D eigenvalue weighted by molar-refractivity contribution is 6.23. The van der Waals surface area contributed by atoms with Crippen LogP contribution in [0, 0.1) is 23.7 Å². The van der Waals surface area contributed by atoms with Crippen molar-refractivity contribution in [2.24, 2.45) is 0 Å². The zero-order valence-corrected chi connectivity index (χ0v) is 14.1. The maximum absolute atomic E-state index is 14.1. The van der Waals surface area contributed by atoms with Gasteiger partial charge in [0, 0.05) is 0 Å². The van der Waals surface area contributed by atoms with Gasteiger partial charge in [-0.1, -0.05) is 42.5 Å². The molecule has 0 atom stereocenters. The fraction of sp³-hybridized carbons (Fsp3) is 0. The minimum absolute atomic E-state index is 0.108. The smallest absolute Gasteiger partial charge is 0.224 e. The maximum atomic E-state index is 14.1. The molecule has 0 heterocycles. The van der Waals surface area contributed by atoms with Crippen LogP contribution in [0.15, 0.2) is 66.7 Å². The number of rotatable bonds is 1. The van der Waals surface area contributed by atoms with Crippen LogP contribution in [-0.4, -0.2) is 0 Å². The SMILES string of the molecule is [C-]#[N+]c1cc(-c2cc3ccc4cccc5ccc(c2)c3c45)cc(C#N)c1F. The monoisotopic (exact) mass is 346 g/mol. The molecule has 0 spiro atoms. The number of hydrogen-bond acceptors (Lipinski definition) is 1. The molecule has 0 aliphatic rings. The molecule has 0 saturated heterocycles. The average Bonchev–Trinajstić information content (AvgIpc) is 2.72. The Morgan fingerprint density at radius 3 is 1.93 bits per heavy atom. The summed E-state index contributed by atoms with van der Waals surface area (Å²) in [4.78, 5) is 3.23. The van der Waals surface area contributed by atoms with Gasteiger partial charge in [0.1, 0.15) is 11.9 Å². The second-order valence-corrected chi connectivity index (χ2v) is 6.59. The van der Waals surface area contributed by atoms with Crippen molar-refractivity contribution in [3.05, 3.63) is 89.5 Å². The van der Waals surface area contributed by atoms with Gasteiger partial charge in [0.15, 0.2) is 0 Å². The third-order valence-corrected chi connectivity index (χ3v) is 5.09. The summed E-state index contributed by atoms with van der Waals surface area (Å²) in [7, 11) is 0. The summed E-state index contributed by atoms with van der Waals surface area (Å²) >= 11 is 0. The lowest BCUT2D eigenvalue weighted by atomic mass is 9.91. The quantitative estimate of drug-likeness (QED) is 0.242. The molecule has 0 amide bonds. The first-order chi connectivity index (χ1) is 13.2. The summed E-state index contributed by atoms with van der Waals surface area (Å²) in [6, 6.07) is 23.6. The van der Waals surface area contributed by atoms with Gasteiger partial charge in [-0.15, -0.1) is 0 Å². The molecule has 0 aliphatic carbocycles. The van der Waals surface area contributed by atoms with Crippen molar-refractivity contribution >= 4 is 38.0 Å². The van der Waals surface area contributed by atoms with Crippen LogP contribution < -0.4 is 0 Å². The van der Waals surface area contributed by atoms with E-state index in [0.717, 1.165) is 16.3 Å². The first kappa shape index (κ1) is 15.3. The molecule has 2 nitrogen and oxygen atoms in total. The van der Waals surface area contributed by atoms with Gasteiger partial charge in [0.2, 0.25) is 5.69 Å². The number of nitrogens with zero attached hydrogens (tertiary/aromatic N) is 2. The third-order valence-electron chi connectivity index (χ3n) is 5.09. The Hall–Kier alpha value is -3.95. The number of benzene rings is 5. The predicted molar refractivity (Wildman–Crippen MR) is 107 cm³/mol. The molecule has 0 aliphatic heterocycles. The van der Waals surface area contributed by atoms with Crippen LogP contribution in [0.3, 0.4) is 0 Å². The molecule has 0 N–H and O–H groups in total. The van der Waals surface area contributed by atoms with Crippen LogP contribution in [0.1, 0.15) is 5.56 Å². The molecule has 124 valence electrons. The summed E-state index contributed by atoms with van der Waals surface area (Å²) < 4.78 is 14.1. The standard InChI is InChI=1S/C24H11FN2/c1-27-21-12-19(11-20(13-26)24(21)25)18-9-16-7-5-14-3-2-4-15-6-8-17(10-18)23(16)22(14)15/h2-12H. The number of hydrogen-bond donors (Lipinski definition) is 0. The van der Waals surface area contributed by atoms with Gasteiger partial charge in [-0.05, 0) is 67.7 Å². The Labute approximate surface area is 154 Å². The topological polar surface area (TPSA) is 28.1 Å². The Bertz CT molecular complexity index is 1350. The molecule has 5 rings (SSSR count). The van der Waals surface area contributed by atoms with Crippen molar-refractivity contribution in [1.29, 1.82) is 5.26 Å². The van der Waals surface area contributed by atoms with E-state index < -0.39 is 5.82 Å². The predicted octanol–water partition coefficient (Wildman–Crippen LogP) is 6.81. The zero-order chi connectivity index (χ0) is 18.5. The van der Waals surface area contributed by atoms with Gasteiger partial charge in [-0.3, -0.25) is 0 Å². The summed E-state index contributed by atoms with van der Waals surface area (Å²) in [6.45, 7) is 7.19. The third kappa shape index (κ3) is 2.16. The highest BCUT2D eigenvalue weighted by atomic mass is 19.1. The van der Waals surface area contributed by atoms with Crippen LogP contribution in [0.5, 0.6) is 0 Å². The molecule has 0 bridgehead atoms. The number of nitriles is 1. The lowest BCUT2D eigenvalue weighted by molar-refractivity contribution is 0.630. The molecule has 5 aromatic rings. The van der Waals surface area contributed by atoms with E-state index in [0.29, 0.717) is 5.56 Å². The second kappa shape index (κ2) is 5.53. The highest BCUT2D eigenvalue weighted by Gasteiger charge is 2.14. The summed E-state index contributed by atoms with van der Waals surface area (Å²) in [5.74, 6) is -0.756. The molecular formula is C24H11FN2. The summed E-state index contributed by atoms with van der Waals surface area (Å²) in [5, 5.41) is 16.2. The maximum Gasteiger partial charge on any atom is 0.224 e. The van der Waals surface area contributed by atoms with E-state index in [-0.39, 0.29) is 11.3 Å². The van der Waals surface area contributed by atoms with Crippen molar-refractivity contribution in [2.75, 3.05) is 0 Å². The fourth-order valence-electron chi connectivity index (χ4n) is 3.86. The van der Waals surface area contributed by atoms with Crippen LogP contribution in [0.25, 0.3) is 48.3 Å². The molecule has 27 heavy (non-hydrogen) atoms. The second-order valence-electron chi connectivity index (χ2n) is 6.59. The largest absolute Gasteiger partial charge is 0.235 e. The van der Waals surface area contributed by atoms with E-state index in [2.05, 4.69) is 47.3 Å². The molecule has 0 saturated carbocycles. The van der Waals surface area contributed by atoms with Crippen molar-refractivity contribution < 1.29 is 4.39 Å². The minimum Gasteiger partial charge on any atom is -0.235 e. The molecule has 0 aromatic heterocycles. The molecule has 0 radical (unpaired) electrons. The molecular weight excluding hydrogens is 335 g/mol. The van der Waals surface area contributed by atoms with Crippen LogP contribution >= 0.6 is 0 Å². The molecule has 3 heteroatoms. The Morgan fingerprint density at radius 2 is 1.33 bits per heavy atom. The van der Waals surface area contributed by atoms with E-state index in [1.807, 2.05) is 18.2 Å². The van der Waals surface area contributed by atoms with E-state index in [1.165, 1.54) is 33.7 Å². The van der Waals surface area contributed by atoms with Crippen LogP contribution in [-0.2, 0) is 0 Å². The molecule has 0 unspecified atom stereocenters. The van der Waals surface area contributed by atoms with E-state index in [9.17, 15) is 9.65 Å². The van der Waals surface area contributed by atoms with E-state index in [4.69, 9.17) is 6.57 Å². The summed E-state index contributed by atoms with van der Waals surface area (Å²) in [5.41, 5.74) is 1.30. The molecule has 0 fully saturated rings. The Balaban J connectivity index is 1.86. The highest BCUT2D eigenvalue weighted by Crippen LogP contribution is 2.38. The van der Waals surface area contributed by atoms with Crippen molar-refractivity contribution in [2.45, 2.75) is 0 Å². The zero-order valence-electron chi connectivity index (χ0n) is 14.1. The first-order valence-corrected chi connectivity index (χ1v) is 8.48. The van der Waals surface area contributed by atoms with E-state index >= 15 is 0 Å². The Morgan fingerprint density at radius 1 is 0.778 bits per heavy atom. The van der Waals surface area contributed by atoms with Crippen molar-refractivity contribution in [1.82, 2.24) is 0 Å². The fourth-order valence-corrected chi connectivity index (χ4v) is 3.86. The van der Waals surface area contributed by atoms with Gasteiger partial charge < -0.3 is 0 Å². The summed E-state index contributed by atoms with van der Waals surface area (Å²) in [6.07, 6.45) is 0. The van der Waals surface area contributed by atoms with Gasteiger partial charge >= 0.3 is 0 Å². The minimum atomic E-state index is -0.756. The van der Waals surface area contributed by atoms with Crippen molar-refractivity contribution in [3.8, 4) is 17.2 Å². The lowest BCUT2D eigenvalue weighted by Crippen LogP contribution is -1.89. The van der Waals surface area contributed by atoms with Gasteiger partial charge in [-0.2, -0.15) is 5.26 Å². The molecule has 5 aromatic carbocycles. The number of halogens is 1. The van der Waals surface area contributed by atoms with Crippen LogP contribution in [0.2, 0.25) is 0 Å². The normalized spacial score (nSPS) is 11.1. The van der Waals surface area contributed by atoms with Gasteiger partial charge in [-0.25, -0.2) is 9.24 Å². The van der Waals surface area contributed by atoms with Gasteiger partial charge in [0.25, 0.3) is 0 Å². The average molecular weight is 346 g/mol. The van der Waals surface area contributed by atoms with Gasteiger partial charge in [0.05, 0.1) is 12.1 Å². The first-order valence-electron chi connectivity index (χ1n) is 8.48. The van der Waals surface area contributed by atoms with Crippen LogP contribution in [0.4, 0.5) is 10.1 Å². The van der Waals surface area contributed by atoms with Crippen molar-refractivity contribution in [3.63, 3.8) is 0 Å².